The van der Waals surface area contributed by atoms with Gasteiger partial charge in [-0.3, -0.25) is 0 Å². The van der Waals surface area contributed by atoms with Gasteiger partial charge in [0.25, 0.3) is 0 Å². The van der Waals surface area contributed by atoms with E-state index >= 15 is 0 Å². The van der Waals surface area contributed by atoms with E-state index in [-0.39, 0.29) is 16.9 Å². The number of nitrogens with one attached hydrogen (secondary N) is 1. The molecule has 0 aromatic heterocycles. The van der Waals surface area contributed by atoms with Crippen LogP contribution in [-0.4, -0.2) is 26.2 Å². The number of nitrogens with two attached hydrogens (primary N) is 1. The average Bonchev–Trinajstić information content (AvgIpc) is 2.29. The lowest BCUT2D eigenvalue weighted by Gasteiger charge is -2.31. The Bertz CT molecular complexity index is 560. The Morgan fingerprint density at radius 3 is 2.63 bits per heavy atom. The number of hydrogen-bond acceptors (Lipinski definition) is 4. The van der Waals surface area contributed by atoms with E-state index < -0.39 is 10.0 Å². The van der Waals surface area contributed by atoms with Crippen LogP contribution in [0.1, 0.15) is 18.4 Å². The summed E-state index contributed by atoms with van der Waals surface area (Å²) in [4.78, 5) is 0.0699. The lowest BCUT2D eigenvalue weighted by molar-refractivity contribution is 0.0453. The fraction of sp³-hybridized carbons (Fsp3) is 0.500. The van der Waals surface area contributed by atoms with Crippen molar-refractivity contribution in [3.63, 3.8) is 0 Å². The first-order valence-corrected chi connectivity index (χ1v) is 7.89. The summed E-state index contributed by atoms with van der Waals surface area (Å²) >= 11 is 5.94. The van der Waals surface area contributed by atoms with Crippen LogP contribution in [0.4, 0.5) is 5.69 Å². The quantitative estimate of drug-likeness (QED) is 0.731. The monoisotopic (exact) mass is 304 g/mol. The largest absolute Gasteiger partial charge is 0.398 e. The molecule has 0 spiro atoms. The third-order valence-corrected chi connectivity index (χ3v) is 5.24. The molecule has 7 heteroatoms. The highest BCUT2D eigenvalue weighted by Crippen LogP contribution is 2.28. The van der Waals surface area contributed by atoms with Gasteiger partial charge in [0, 0.05) is 17.3 Å². The third kappa shape index (κ3) is 3.20. The number of benzene rings is 1. The first kappa shape index (κ1) is 14.6. The van der Waals surface area contributed by atoms with Gasteiger partial charge in [-0.15, -0.1) is 0 Å². The summed E-state index contributed by atoms with van der Waals surface area (Å²) in [7, 11) is -3.61. The summed E-state index contributed by atoms with van der Waals surface area (Å²) in [5, 5.41) is 9.49. The van der Waals surface area contributed by atoms with Crippen molar-refractivity contribution in [2.75, 3.05) is 12.3 Å². The van der Waals surface area contributed by atoms with Gasteiger partial charge in [0.2, 0.25) is 10.0 Å². The summed E-state index contributed by atoms with van der Waals surface area (Å²) in [5.41, 5.74) is 6.74. The second-order valence-electron chi connectivity index (χ2n) is 4.96. The highest BCUT2D eigenvalue weighted by molar-refractivity contribution is 7.89. The number of rotatable bonds is 4. The molecule has 1 aromatic carbocycles. The van der Waals surface area contributed by atoms with Crippen molar-refractivity contribution in [3.05, 3.63) is 22.7 Å². The number of aliphatic hydroxyl groups excluding tert-OH is 1. The van der Waals surface area contributed by atoms with Crippen LogP contribution >= 0.6 is 11.6 Å². The number of hydrogen-bond donors (Lipinski definition) is 3. The van der Waals surface area contributed by atoms with Crippen LogP contribution in [0.5, 0.6) is 0 Å². The molecular weight excluding hydrogens is 288 g/mol. The molecule has 1 saturated carbocycles. The lowest BCUT2D eigenvalue weighted by Crippen LogP contribution is -2.38. The molecule has 1 fully saturated rings. The zero-order valence-electron chi connectivity index (χ0n) is 10.6. The predicted octanol–water partition coefficient (Wildman–Crippen LogP) is 1.28. The van der Waals surface area contributed by atoms with Crippen molar-refractivity contribution < 1.29 is 13.5 Å². The molecule has 0 saturated heterocycles. The van der Waals surface area contributed by atoms with Crippen LogP contribution in [0.15, 0.2) is 17.0 Å². The van der Waals surface area contributed by atoms with Crippen molar-refractivity contribution in [2.24, 2.45) is 5.92 Å². The van der Waals surface area contributed by atoms with Crippen molar-refractivity contribution >= 4 is 27.3 Å². The summed E-state index contributed by atoms with van der Waals surface area (Å²) in [5.74, 6) is 0.197. The maximum absolute atomic E-state index is 12.1. The van der Waals surface area contributed by atoms with E-state index in [2.05, 4.69) is 4.72 Å². The third-order valence-electron chi connectivity index (χ3n) is 3.44. The van der Waals surface area contributed by atoms with Crippen LogP contribution in [0.2, 0.25) is 5.02 Å². The topological polar surface area (TPSA) is 92.4 Å². The molecular formula is C12H17ClN2O3S. The minimum Gasteiger partial charge on any atom is -0.398 e. The highest BCUT2D eigenvalue weighted by atomic mass is 35.5. The molecule has 19 heavy (non-hydrogen) atoms. The smallest absolute Gasteiger partial charge is 0.240 e. The molecule has 0 heterocycles. The molecule has 0 aliphatic heterocycles. The van der Waals surface area contributed by atoms with E-state index in [0.29, 0.717) is 35.7 Å². The lowest BCUT2D eigenvalue weighted by atomic mass is 9.83. The minimum absolute atomic E-state index is 0.0699. The fourth-order valence-electron chi connectivity index (χ4n) is 2.01. The molecule has 0 unspecified atom stereocenters. The Morgan fingerprint density at radius 2 is 2.11 bits per heavy atom. The van der Waals surface area contributed by atoms with Crippen LogP contribution in [0.3, 0.4) is 0 Å². The van der Waals surface area contributed by atoms with Crippen molar-refractivity contribution in [2.45, 2.75) is 30.8 Å². The molecule has 0 bridgehead atoms. The number of aliphatic hydroxyl groups is 1. The fourth-order valence-corrected chi connectivity index (χ4v) is 3.48. The second-order valence-corrected chi connectivity index (χ2v) is 7.14. The molecule has 5 nitrogen and oxygen atoms in total. The zero-order chi connectivity index (χ0) is 14.2. The molecule has 106 valence electrons. The van der Waals surface area contributed by atoms with Crippen molar-refractivity contribution in [3.8, 4) is 0 Å². The zero-order valence-corrected chi connectivity index (χ0v) is 12.1. The number of sulfonamides is 1. The maximum atomic E-state index is 12.1. The van der Waals surface area contributed by atoms with Crippen LogP contribution in [0.25, 0.3) is 0 Å². The van der Waals surface area contributed by atoms with Crippen LogP contribution in [-0.2, 0) is 10.0 Å². The van der Waals surface area contributed by atoms with E-state index in [4.69, 9.17) is 22.4 Å². The molecule has 1 aliphatic carbocycles. The Labute approximate surface area is 117 Å². The van der Waals surface area contributed by atoms with Gasteiger partial charge in [0.1, 0.15) is 0 Å². The van der Waals surface area contributed by atoms with E-state index in [9.17, 15) is 8.42 Å². The van der Waals surface area contributed by atoms with E-state index in [1.807, 2.05) is 0 Å². The maximum Gasteiger partial charge on any atom is 0.240 e. The number of halogens is 1. The van der Waals surface area contributed by atoms with Gasteiger partial charge in [-0.05, 0) is 43.4 Å². The number of nitrogen functional groups attached to an aromatic ring is 1. The first-order chi connectivity index (χ1) is 8.79. The minimum atomic E-state index is -3.61. The molecule has 1 aromatic rings. The Balaban J connectivity index is 2.11. The molecule has 0 radical (unpaired) electrons. The number of anilines is 1. The Kier molecular flexibility index (Phi) is 4.06. The molecule has 2 rings (SSSR count). The van der Waals surface area contributed by atoms with E-state index in [1.54, 1.807) is 6.92 Å². The Hall–Kier alpha value is -0.820. The van der Waals surface area contributed by atoms with Gasteiger partial charge in [0.05, 0.1) is 11.0 Å². The summed E-state index contributed by atoms with van der Waals surface area (Å²) in [6.45, 7) is 2.06. The standard InChI is InChI=1S/C12H17ClN2O3S/c1-7-11(13)4-10(5-12(7)14)19(17,18)15-6-8-2-9(16)3-8/h4-5,8-9,15-16H,2-3,6,14H2,1H3. The Morgan fingerprint density at radius 1 is 1.47 bits per heavy atom. The molecule has 0 atom stereocenters. The SMILES string of the molecule is Cc1c(N)cc(S(=O)(=O)NCC2CC(O)C2)cc1Cl. The van der Waals surface area contributed by atoms with Gasteiger partial charge in [-0.25, -0.2) is 13.1 Å². The van der Waals surface area contributed by atoms with Crippen LogP contribution < -0.4 is 10.5 Å². The first-order valence-electron chi connectivity index (χ1n) is 6.03. The van der Waals surface area contributed by atoms with E-state index in [0.717, 1.165) is 0 Å². The van der Waals surface area contributed by atoms with Gasteiger partial charge in [-0.1, -0.05) is 11.6 Å². The van der Waals surface area contributed by atoms with Gasteiger partial charge < -0.3 is 10.8 Å². The highest BCUT2D eigenvalue weighted by Gasteiger charge is 2.28. The van der Waals surface area contributed by atoms with Crippen molar-refractivity contribution in [1.82, 2.24) is 4.72 Å². The van der Waals surface area contributed by atoms with Crippen LogP contribution in [0, 0.1) is 12.8 Å². The predicted molar refractivity (Wildman–Crippen MR) is 74.5 cm³/mol. The van der Waals surface area contributed by atoms with Crippen molar-refractivity contribution in [1.29, 1.82) is 0 Å². The summed E-state index contributed by atoms with van der Waals surface area (Å²) < 4.78 is 26.7. The summed E-state index contributed by atoms with van der Waals surface area (Å²) in [6, 6.07) is 2.80. The van der Waals surface area contributed by atoms with Gasteiger partial charge in [0.15, 0.2) is 0 Å². The summed E-state index contributed by atoms with van der Waals surface area (Å²) in [6.07, 6.45) is 0.984. The van der Waals surface area contributed by atoms with Gasteiger partial charge >= 0.3 is 0 Å². The van der Waals surface area contributed by atoms with E-state index in [1.165, 1.54) is 12.1 Å². The normalized spacial score (nSPS) is 23.1. The molecule has 4 N–H and O–H groups in total. The van der Waals surface area contributed by atoms with Gasteiger partial charge in [-0.2, -0.15) is 0 Å². The second kappa shape index (κ2) is 5.28. The molecule has 0 amide bonds. The average molecular weight is 305 g/mol. The molecule has 1 aliphatic rings.